The lowest BCUT2D eigenvalue weighted by Crippen LogP contribution is -2.32. The van der Waals surface area contributed by atoms with Crippen molar-refractivity contribution in [3.8, 4) is 5.75 Å². The quantitative estimate of drug-likeness (QED) is 0.465. The number of sulfonamides is 1. The number of aryl methyl sites for hydroxylation is 1. The Kier molecular flexibility index (Phi) is 7.25. The van der Waals surface area contributed by atoms with E-state index in [2.05, 4.69) is 21.0 Å². The molecule has 1 fully saturated rings. The minimum atomic E-state index is -3.86. The van der Waals surface area contributed by atoms with Gasteiger partial charge < -0.3 is 15.0 Å². The van der Waals surface area contributed by atoms with Crippen molar-refractivity contribution >= 4 is 27.3 Å². The van der Waals surface area contributed by atoms with Gasteiger partial charge in [-0.05, 0) is 73.6 Å². The third-order valence-corrected chi connectivity index (χ3v) is 8.26. The van der Waals surface area contributed by atoms with Gasteiger partial charge in [0.1, 0.15) is 10.6 Å². The van der Waals surface area contributed by atoms with E-state index in [1.807, 2.05) is 36.4 Å². The average Bonchev–Trinajstić information content (AvgIpc) is 3.43. The van der Waals surface area contributed by atoms with Crippen LogP contribution in [0.2, 0.25) is 0 Å². The van der Waals surface area contributed by atoms with Gasteiger partial charge in [-0.15, -0.1) is 0 Å². The number of nitrogens with zero attached hydrogens (tertiary/aromatic N) is 1. The molecule has 3 aromatic rings. The van der Waals surface area contributed by atoms with E-state index in [-0.39, 0.29) is 23.5 Å². The second-order valence-electron chi connectivity index (χ2n) is 9.29. The molecule has 0 aromatic heterocycles. The highest BCUT2D eigenvalue weighted by Crippen LogP contribution is 2.35. The van der Waals surface area contributed by atoms with E-state index in [0.717, 1.165) is 50.8 Å². The zero-order valence-corrected chi connectivity index (χ0v) is 21.0. The zero-order valence-electron chi connectivity index (χ0n) is 20.2. The summed E-state index contributed by atoms with van der Waals surface area (Å²) in [6, 6.07) is 21.9. The van der Waals surface area contributed by atoms with Gasteiger partial charge in [0.25, 0.3) is 5.91 Å². The molecule has 1 aliphatic carbocycles. The number of nitrogens with one attached hydrogen (secondary N) is 2. The Labute approximate surface area is 212 Å². The Bertz CT molecular complexity index is 1320. The van der Waals surface area contributed by atoms with Crippen LogP contribution in [0.25, 0.3) is 0 Å². The molecule has 0 saturated carbocycles. The summed E-state index contributed by atoms with van der Waals surface area (Å²) in [6.45, 7) is 1.45. The van der Waals surface area contributed by atoms with Gasteiger partial charge in [-0.25, -0.2) is 13.1 Å². The monoisotopic (exact) mass is 505 g/mol. The van der Waals surface area contributed by atoms with Crippen molar-refractivity contribution in [2.45, 2.75) is 43.0 Å². The topological polar surface area (TPSA) is 87.7 Å². The van der Waals surface area contributed by atoms with Crippen molar-refractivity contribution in [2.75, 3.05) is 29.9 Å². The maximum absolute atomic E-state index is 13.8. The molecule has 8 heteroatoms. The molecule has 5 rings (SSSR count). The third-order valence-electron chi connectivity index (χ3n) is 6.76. The maximum Gasteiger partial charge on any atom is 0.262 e. The van der Waals surface area contributed by atoms with Crippen molar-refractivity contribution in [3.05, 3.63) is 83.9 Å². The van der Waals surface area contributed by atoms with E-state index in [1.54, 1.807) is 30.3 Å². The van der Waals surface area contributed by atoms with Gasteiger partial charge in [-0.3, -0.25) is 4.79 Å². The molecule has 2 aliphatic rings. The van der Waals surface area contributed by atoms with Crippen LogP contribution in [0.5, 0.6) is 5.75 Å². The fraction of sp³-hybridized carbons (Fsp3) is 0.321. The highest BCUT2D eigenvalue weighted by atomic mass is 32.2. The van der Waals surface area contributed by atoms with Crippen molar-refractivity contribution in [2.24, 2.45) is 0 Å². The summed E-state index contributed by atoms with van der Waals surface area (Å²) in [5.74, 6) is 0.238. The van der Waals surface area contributed by atoms with Gasteiger partial charge in [0.2, 0.25) is 10.0 Å². The summed E-state index contributed by atoms with van der Waals surface area (Å²) in [5.41, 5.74) is 3.32. The largest absolute Gasteiger partial charge is 0.484 e. The number of ether oxygens (including phenoxy) is 1. The normalized spacial score (nSPS) is 17.4. The molecule has 0 spiro atoms. The third kappa shape index (κ3) is 5.55. The molecule has 1 amide bonds. The first-order valence-electron chi connectivity index (χ1n) is 12.5. The summed E-state index contributed by atoms with van der Waals surface area (Å²) in [5, 5.41) is 2.79. The van der Waals surface area contributed by atoms with Crippen molar-refractivity contribution < 1.29 is 17.9 Å². The lowest BCUT2D eigenvalue weighted by atomic mass is 9.88. The van der Waals surface area contributed by atoms with E-state index in [1.165, 1.54) is 5.56 Å². The van der Waals surface area contributed by atoms with Gasteiger partial charge in [-0.2, -0.15) is 0 Å². The van der Waals surface area contributed by atoms with Gasteiger partial charge in [0.15, 0.2) is 6.61 Å². The Balaban J connectivity index is 1.38. The van der Waals surface area contributed by atoms with Crippen LogP contribution < -0.4 is 19.7 Å². The molecule has 0 radical (unpaired) electrons. The number of fused-ring (bicyclic) bond motifs is 1. The van der Waals surface area contributed by atoms with E-state index >= 15 is 0 Å². The van der Waals surface area contributed by atoms with Gasteiger partial charge in [0.05, 0.1) is 5.69 Å². The smallest absolute Gasteiger partial charge is 0.262 e. The number of carbonyl (C=O) groups is 1. The number of hydrogen-bond donors (Lipinski definition) is 2. The molecule has 36 heavy (non-hydrogen) atoms. The van der Waals surface area contributed by atoms with E-state index in [4.69, 9.17) is 4.74 Å². The van der Waals surface area contributed by atoms with Crippen molar-refractivity contribution in [3.63, 3.8) is 0 Å². The molecule has 3 aromatic carbocycles. The van der Waals surface area contributed by atoms with Crippen LogP contribution in [0.3, 0.4) is 0 Å². The van der Waals surface area contributed by atoms with Crippen LogP contribution in [0.1, 0.15) is 42.9 Å². The maximum atomic E-state index is 13.8. The minimum absolute atomic E-state index is 0.170. The van der Waals surface area contributed by atoms with Crippen LogP contribution in [-0.2, 0) is 21.2 Å². The number of anilines is 2. The first-order valence-corrected chi connectivity index (χ1v) is 13.9. The first kappa shape index (κ1) is 24.3. The van der Waals surface area contributed by atoms with Crippen molar-refractivity contribution in [1.29, 1.82) is 0 Å². The van der Waals surface area contributed by atoms with Gasteiger partial charge in [-0.1, -0.05) is 42.5 Å². The second kappa shape index (κ2) is 10.7. The highest BCUT2D eigenvalue weighted by Gasteiger charge is 2.29. The molecule has 1 unspecified atom stereocenters. The van der Waals surface area contributed by atoms with Crippen LogP contribution in [-0.4, -0.2) is 34.0 Å². The molecule has 1 aliphatic heterocycles. The van der Waals surface area contributed by atoms with Crippen LogP contribution in [0, 0.1) is 0 Å². The predicted octanol–water partition coefficient (Wildman–Crippen LogP) is 4.66. The van der Waals surface area contributed by atoms with E-state index in [9.17, 15) is 13.2 Å². The Morgan fingerprint density at radius 1 is 0.944 bits per heavy atom. The molecule has 188 valence electrons. The summed E-state index contributed by atoms with van der Waals surface area (Å²) in [7, 11) is -3.86. The number of carbonyl (C=O) groups excluding carboxylic acids is 1. The van der Waals surface area contributed by atoms with Gasteiger partial charge in [0, 0.05) is 24.8 Å². The molecular weight excluding hydrogens is 474 g/mol. The fourth-order valence-corrected chi connectivity index (χ4v) is 6.52. The summed E-state index contributed by atoms with van der Waals surface area (Å²) in [6.07, 6.45) is 4.69. The molecule has 1 heterocycles. The van der Waals surface area contributed by atoms with E-state index in [0.29, 0.717) is 17.1 Å². The van der Waals surface area contributed by atoms with Crippen LogP contribution in [0.15, 0.2) is 77.7 Å². The number of amides is 1. The summed E-state index contributed by atoms with van der Waals surface area (Å²) in [4.78, 5) is 14.8. The fourth-order valence-electron chi connectivity index (χ4n) is 5.02. The first-order chi connectivity index (χ1) is 17.5. The molecule has 0 bridgehead atoms. The Morgan fingerprint density at radius 3 is 2.50 bits per heavy atom. The summed E-state index contributed by atoms with van der Waals surface area (Å²) >= 11 is 0. The lowest BCUT2D eigenvalue weighted by Gasteiger charge is -2.28. The van der Waals surface area contributed by atoms with Crippen LogP contribution in [0.4, 0.5) is 11.4 Å². The van der Waals surface area contributed by atoms with Crippen LogP contribution >= 0.6 is 0 Å². The molecule has 7 nitrogen and oxygen atoms in total. The predicted molar refractivity (Wildman–Crippen MR) is 141 cm³/mol. The molecule has 1 atom stereocenters. The Hall–Kier alpha value is -3.36. The molecular formula is C28H31N3O4S. The lowest BCUT2D eigenvalue weighted by molar-refractivity contribution is -0.118. The minimum Gasteiger partial charge on any atom is -0.484 e. The SMILES string of the molecule is O=C(COc1ccccc1)Nc1ccc(N2CCCC2)c(S(=O)(=O)NC2CCCc3ccccc32)c1. The molecule has 1 saturated heterocycles. The van der Waals surface area contributed by atoms with Gasteiger partial charge >= 0.3 is 0 Å². The molecule has 2 N–H and O–H groups in total. The Morgan fingerprint density at radius 2 is 1.69 bits per heavy atom. The number of benzene rings is 3. The zero-order chi connectivity index (χ0) is 25.0. The second-order valence-corrected chi connectivity index (χ2v) is 11.0. The number of hydrogen-bond acceptors (Lipinski definition) is 5. The van der Waals surface area contributed by atoms with Crippen molar-refractivity contribution in [1.82, 2.24) is 4.72 Å². The van der Waals surface area contributed by atoms with E-state index < -0.39 is 10.0 Å². The number of rotatable bonds is 8. The average molecular weight is 506 g/mol. The summed E-state index contributed by atoms with van der Waals surface area (Å²) < 4.78 is 36.0. The highest BCUT2D eigenvalue weighted by molar-refractivity contribution is 7.89. The number of para-hydroxylation sites is 1. The standard InChI is InChI=1S/C28H31N3O4S/c32-28(20-35-23-11-2-1-3-12-23)29-22-15-16-26(31-17-6-7-18-31)27(19-22)36(33,34)30-25-14-8-10-21-9-4-5-13-24(21)25/h1-5,9,11-13,15-16,19,25,30H,6-8,10,14,17-18,20H2,(H,29,32).